The van der Waals surface area contributed by atoms with Crippen LogP contribution in [0.4, 0.5) is 4.39 Å². The van der Waals surface area contributed by atoms with E-state index in [-0.39, 0.29) is 22.9 Å². The summed E-state index contributed by atoms with van der Waals surface area (Å²) in [5.74, 6) is -1.50. The Bertz CT molecular complexity index is 987. The summed E-state index contributed by atoms with van der Waals surface area (Å²) in [5, 5.41) is 9.85. The number of carbonyl (C=O) groups is 1. The number of aryl methyl sites for hydroxylation is 1. The minimum absolute atomic E-state index is 0.00520. The minimum atomic E-state index is -1.14. The molecule has 3 nitrogen and oxygen atoms in total. The fourth-order valence-electron chi connectivity index (χ4n) is 3.18. The van der Waals surface area contributed by atoms with Gasteiger partial charge in [-0.05, 0) is 29.7 Å². The first-order valence-corrected chi connectivity index (χ1v) is 9.41. The van der Waals surface area contributed by atoms with Gasteiger partial charge in [0.05, 0.1) is 5.02 Å². The Kier molecular flexibility index (Phi) is 6.32. The number of ether oxygens (including phenoxy) is 1. The van der Waals surface area contributed by atoms with Crippen LogP contribution in [0, 0.1) is 5.82 Å². The lowest BCUT2D eigenvalue weighted by atomic mass is 9.91. The van der Waals surface area contributed by atoms with E-state index in [1.165, 1.54) is 12.1 Å². The standard InChI is InChI=1S/C23H20ClFO3/c1-2-7-16-12-13-19(28-14-15-8-4-3-5-9-15)21(23(26)27)20(16)17-10-6-11-18(25)22(17)24/h3-6,8-13H,2,7,14H2,1H3,(H,26,27). The SMILES string of the molecule is CCCc1ccc(OCc2ccccc2)c(C(=O)O)c1-c1cccc(F)c1Cl. The van der Waals surface area contributed by atoms with Crippen LogP contribution < -0.4 is 4.74 Å². The molecule has 0 aliphatic heterocycles. The molecule has 0 radical (unpaired) electrons. The lowest BCUT2D eigenvalue weighted by Gasteiger charge is -2.18. The summed E-state index contributed by atoms with van der Waals surface area (Å²) in [5.41, 5.74) is 2.47. The highest BCUT2D eigenvalue weighted by Crippen LogP contribution is 2.39. The van der Waals surface area contributed by atoms with Gasteiger partial charge in [0.25, 0.3) is 0 Å². The van der Waals surface area contributed by atoms with Gasteiger partial charge >= 0.3 is 5.97 Å². The van der Waals surface area contributed by atoms with Crippen LogP contribution in [0.25, 0.3) is 11.1 Å². The molecule has 0 unspecified atom stereocenters. The van der Waals surface area contributed by atoms with E-state index >= 15 is 0 Å². The van der Waals surface area contributed by atoms with E-state index in [2.05, 4.69) is 0 Å². The number of hydrogen-bond acceptors (Lipinski definition) is 2. The summed E-state index contributed by atoms with van der Waals surface area (Å²) in [4.78, 5) is 12.2. The van der Waals surface area contributed by atoms with E-state index in [1.807, 2.05) is 43.3 Å². The van der Waals surface area contributed by atoms with Crippen LogP contribution in [0.1, 0.15) is 34.8 Å². The predicted molar refractivity (Wildman–Crippen MR) is 109 cm³/mol. The molecule has 144 valence electrons. The van der Waals surface area contributed by atoms with E-state index in [1.54, 1.807) is 12.1 Å². The Morgan fingerprint density at radius 3 is 2.50 bits per heavy atom. The second kappa shape index (κ2) is 8.89. The third-order valence-corrected chi connectivity index (χ3v) is 4.83. The number of carboxylic acid groups (broad SMARTS) is 1. The minimum Gasteiger partial charge on any atom is -0.488 e. The molecule has 0 saturated heterocycles. The number of hydrogen-bond donors (Lipinski definition) is 1. The van der Waals surface area contributed by atoms with Gasteiger partial charge in [0.15, 0.2) is 0 Å². The monoisotopic (exact) mass is 398 g/mol. The predicted octanol–water partition coefficient (Wildman–Crippen LogP) is 6.38. The molecule has 0 spiro atoms. The molecule has 0 bridgehead atoms. The highest BCUT2D eigenvalue weighted by Gasteiger charge is 2.24. The molecule has 28 heavy (non-hydrogen) atoms. The molecular weight excluding hydrogens is 379 g/mol. The first kappa shape index (κ1) is 19.9. The van der Waals surface area contributed by atoms with Gasteiger partial charge in [0.2, 0.25) is 0 Å². The Morgan fingerprint density at radius 1 is 1.07 bits per heavy atom. The van der Waals surface area contributed by atoms with Crippen LogP contribution in [0.2, 0.25) is 5.02 Å². The van der Waals surface area contributed by atoms with E-state index in [9.17, 15) is 14.3 Å². The second-order valence-corrected chi connectivity index (χ2v) is 6.78. The Morgan fingerprint density at radius 2 is 1.82 bits per heavy atom. The van der Waals surface area contributed by atoms with Crippen LogP contribution in [0.3, 0.4) is 0 Å². The molecule has 0 aliphatic carbocycles. The summed E-state index contributed by atoms with van der Waals surface area (Å²) in [7, 11) is 0. The largest absolute Gasteiger partial charge is 0.488 e. The van der Waals surface area contributed by atoms with E-state index < -0.39 is 11.8 Å². The van der Waals surface area contributed by atoms with Crippen molar-refractivity contribution in [3.8, 4) is 16.9 Å². The van der Waals surface area contributed by atoms with Gasteiger partial charge in [-0.15, -0.1) is 0 Å². The molecule has 3 aromatic rings. The van der Waals surface area contributed by atoms with Crippen molar-refractivity contribution in [3.63, 3.8) is 0 Å². The van der Waals surface area contributed by atoms with E-state index in [4.69, 9.17) is 16.3 Å². The zero-order valence-corrected chi connectivity index (χ0v) is 16.2. The van der Waals surface area contributed by atoms with Crippen LogP contribution in [-0.2, 0) is 13.0 Å². The molecule has 3 aromatic carbocycles. The van der Waals surface area contributed by atoms with Gasteiger partial charge < -0.3 is 9.84 Å². The second-order valence-electron chi connectivity index (χ2n) is 6.40. The van der Waals surface area contributed by atoms with Gasteiger partial charge in [-0.2, -0.15) is 0 Å². The Hall–Kier alpha value is -2.85. The maximum atomic E-state index is 14.1. The molecule has 1 N–H and O–H groups in total. The van der Waals surface area contributed by atoms with Crippen LogP contribution in [0.15, 0.2) is 60.7 Å². The van der Waals surface area contributed by atoms with Crippen molar-refractivity contribution in [2.75, 3.05) is 0 Å². The summed E-state index contributed by atoms with van der Waals surface area (Å²) in [6.45, 7) is 2.22. The fraction of sp³-hybridized carbons (Fsp3) is 0.174. The smallest absolute Gasteiger partial charge is 0.340 e. The average Bonchev–Trinajstić information content (AvgIpc) is 2.69. The molecule has 0 aliphatic rings. The van der Waals surface area contributed by atoms with Gasteiger partial charge in [-0.3, -0.25) is 0 Å². The van der Waals surface area contributed by atoms with Gasteiger partial charge in [-0.1, -0.05) is 73.5 Å². The maximum Gasteiger partial charge on any atom is 0.340 e. The van der Waals surface area contributed by atoms with Crippen molar-refractivity contribution in [2.45, 2.75) is 26.4 Å². The van der Waals surface area contributed by atoms with Crippen molar-refractivity contribution in [2.24, 2.45) is 0 Å². The molecule has 0 fully saturated rings. The first-order valence-electron chi connectivity index (χ1n) is 9.03. The molecule has 3 rings (SSSR count). The van der Waals surface area contributed by atoms with Crippen LogP contribution in [-0.4, -0.2) is 11.1 Å². The number of rotatable bonds is 7. The number of benzene rings is 3. The summed E-state index contributed by atoms with van der Waals surface area (Å²) in [6.07, 6.45) is 1.45. The van der Waals surface area contributed by atoms with Gasteiger partial charge in [0.1, 0.15) is 23.7 Å². The van der Waals surface area contributed by atoms with Crippen molar-refractivity contribution in [3.05, 3.63) is 88.2 Å². The highest BCUT2D eigenvalue weighted by molar-refractivity contribution is 6.33. The number of aromatic carboxylic acids is 1. The normalized spacial score (nSPS) is 10.7. The number of halogens is 2. The zero-order chi connectivity index (χ0) is 20.1. The highest BCUT2D eigenvalue weighted by atomic mass is 35.5. The maximum absolute atomic E-state index is 14.1. The first-order chi connectivity index (χ1) is 13.5. The quantitative estimate of drug-likeness (QED) is 0.502. The summed E-state index contributed by atoms with van der Waals surface area (Å²) < 4.78 is 19.9. The van der Waals surface area contributed by atoms with Crippen molar-refractivity contribution < 1.29 is 19.0 Å². The zero-order valence-electron chi connectivity index (χ0n) is 15.4. The Balaban J connectivity index is 2.14. The third kappa shape index (κ3) is 4.18. The molecular formula is C23H20ClFO3. The molecule has 0 atom stereocenters. The molecule has 0 amide bonds. The lowest BCUT2D eigenvalue weighted by molar-refractivity contribution is 0.0692. The molecule has 5 heteroatoms. The third-order valence-electron chi connectivity index (χ3n) is 4.44. The van der Waals surface area contributed by atoms with Crippen LogP contribution >= 0.6 is 11.6 Å². The van der Waals surface area contributed by atoms with Crippen molar-refractivity contribution in [1.29, 1.82) is 0 Å². The van der Waals surface area contributed by atoms with Crippen molar-refractivity contribution >= 4 is 17.6 Å². The summed E-state index contributed by atoms with van der Waals surface area (Å²) in [6, 6.07) is 17.4. The van der Waals surface area contributed by atoms with E-state index in [0.29, 0.717) is 17.5 Å². The Labute approximate surface area is 168 Å². The van der Waals surface area contributed by atoms with Crippen molar-refractivity contribution in [1.82, 2.24) is 0 Å². The molecule has 0 heterocycles. The fourth-order valence-corrected chi connectivity index (χ4v) is 3.40. The summed E-state index contributed by atoms with van der Waals surface area (Å²) >= 11 is 6.19. The lowest BCUT2D eigenvalue weighted by Crippen LogP contribution is -2.08. The molecule has 0 saturated carbocycles. The van der Waals surface area contributed by atoms with Gasteiger partial charge in [-0.25, -0.2) is 9.18 Å². The van der Waals surface area contributed by atoms with Crippen LogP contribution in [0.5, 0.6) is 5.75 Å². The topological polar surface area (TPSA) is 46.5 Å². The van der Waals surface area contributed by atoms with E-state index in [0.717, 1.165) is 17.5 Å². The number of carboxylic acids is 1. The molecule has 0 aromatic heterocycles. The van der Waals surface area contributed by atoms with Gasteiger partial charge in [0, 0.05) is 11.1 Å². The average molecular weight is 399 g/mol.